The predicted octanol–water partition coefficient (Wildman–Crippen LogP) is 1.71. The average Bonchev–Trinajstić information content (AvgIpc) is 2.92. The van der Waals surface area contributed by atoms with Gasteiger partial charge < -0.3 is 20.0 Å². The molecule has 7 heteroatoms. The van der Waals surface area contributed by atoms with E-state index in [0.717, 1.165) is 0 Å². The summed E-state index contributed by atoms with van der Waals surface area (Å²) in [7, 11) is 0. The Morgan fingerprint density at radius 3 is 3.00 bits per heavy atom. The Morgan fingerprint density at radius 1 is 1.33 bits per heavy atom. The van der Waals surface area contributed by atoms with Gasteiger partial charge in [0.1, 0.15) is 5.52 Å². The predicted molar refractivity (Wildman–Crippen MR) is 64.8 cm³/mol. The van der Waals surface area contributed by atoms with Crippen LogP contribution in [0, 0.1) is 6.92 Å². The largest absolute Gasteiger partial charge is 0.424 e. The van der Waals surface area contributed by atoms with Gasteiger partial charge in [-0.3, -0.25) is 0 Å². The van der Waals surface area contributed by atoms with Gasteiger partial charge in [0.05, 0.1) is 6.54 Å². The van der Waals surface area contributed by atoms with Crippen molar-refractivity contribution < 1.29 is 8.94 Å². The molecule has 18 heavy (non-hydrogen) atoms. The van der Waals surface area contributed by atoms with Gasteiger partial charge in [-0.05, 0) is 18.2 Å². The van der Waals surface area contributed by atoms with E-state index in [1.165, 1.54) is 0 Å². The molecule has 0 aliphatic heterocycles. The van der Waals surface area contributed by atoms with Crippen LogP contribution in [0.5, 0.6) is 0 Å². The summed E-state index contributed by atoms with van der Waals surface area (Å²) in [5, 5.41) is 6.74. The molecular weight excluding hydrogens is 234 g/mol. The molecule has 3 N–H and O–H groups in total. The van der Waals surface area contributed by atoms with Crippen LogP contribution in [-0.2, 0) is 6.54 Å². The van der Waals surface area contributed by atoms with Crippen LogP contribution in [0.3, 0.4) is 0 Å². The monoisotopic (exact) mass is 245 g/mol. The fraction of sp³-hybridized carbons (Fsp3) is 0.182. The number of hydrogen-bond donors (Lipinski definition) is 2. The molecule has 0 saturated carbocycles. The summed E-state index contributed by atoms with van der Waals surface area (Å²) >= 11 is 0. The lowest BCUT2D eigenvalue weighted by molar-refractivity contribution is 0.388. The van der Waals surface area contributed by atoms with Gasteiger partial charge in [-0.25, -0.2) is 0 Å². The van der Waals surface area contributed by atoms with E-state index in [0.29, 0.717) is 41.1 Å². The smallest absolute Gasteiger partial charge is 0.296 e. The standard InChI is InChI=1S/C11H11N5O2/c1-6-14-10(16-18-6)5-13-11-15-8-4-7(12)2-3-9(8)17-11/h2-4H,5,12H2,1H3,(H,13,15). The Morgan fingerprint density at radius 2 is 2.22 bits per heavy atom. The summed E-state index contributed by atoms with van der Waals surface area (Å²) in [5.74, 6) is 1.08. The molecule has 2 heterocycles. The summed E-state index contributed by atoms with van der Waals surface area (Å²) < 4.78 is 10.3. The van der Waals surface area contributed by atoms with Crippen LogP contribution in [0.2, 0.25) is 0 Å². The lowest BCUT2D eigenvalue weighted by Gasteiger charge is -1.94. The SMILES string of the molecule is Cc1nc(CNc2nc3cc(N)ccc3o2)no1. The zero-order valence-electron chi connectivity index (χ0n) is 9.67. The fourth-order valence-corrected chi connectivity index (χ4v) is 1.59. The second kappa shape index (κ2) is 4.02. The Balaban J connectivity index is 1.78. The lowest BCUT2D eigenvalue weighted by Crippen LogP contribution is -2.01. The van der Waals surface area contributed by atoms with Crippen molar-refractivity contribution in [2.75, 3.05) is 11.1 Å². The van der Waals surface area contributed by atoms with Crippen LogP contribution >= 0.6 is 0 Å². The highest BCUT2D eigenvalue weighted by Gasteiger charge is 2.07. The lowest BCUT2D eigenvalue weighted by atomic mass is 10.3. The van der Waals surface area contributed by atoms with Crippen LogP contribution in [0.15, 0.2) is 27.1 Å². The van der Waals surface area contributed by atoms with Crippen molar-refractivity contribution in [3.63, 3.8) is 0 Å². The zero-order valence-corrected chi connectivity index (χ0v) is 9.67. The van der Waals surface area contributed by atoms with E-state index >= 15 is 0 Å². The molecule has 0 amide bonds. The van der Waals surface area contributed by atoms with Gasteiger partial charge >= 0.3 is 0 Å². The Bertz CT molecular complexity index is 688. The molecule has 0 fully saturated rings. The number of nitrogens with zero attached hydrogens (tertiary/aromatic N) is 3. The zero-order chi connectivity index (χ0) is 12.5. The second-order valence-electron chi connectivity index (χ2n) is 3.83. The number of oxazole rings is 1. The van der Waals surface area contributed by atoms with Gasteiger partial charge in [-0.1, -0.05) is 5.16 Å². The van der Waals surface area contributed by atoms with E-state index < -0.39 is 0 Å². The third kappa shape index (κ3) is 1.97. The van der Waals surface area contributed by atoms with E-state index in [-0.39, 0.29) is 0 Å². The molecule has 0 spiro atoms. The maximum atomic E-state index is 5.67. The summed E-state index contributed by atoms with van der Waals surface area (Å²) in [6.07, 6.45) is 0. The Labute approximate surface area is 102 Å². The normalized spacial score (nSPS) is 10.9. The van der Waals surface area contributed by atoms with Crippen molar-refractivity contribution in [1.82, 2.24) is 15.1 Å². The highest BCUT2D eigenvalue weighted by Crippen LogP contribution is 2.21. The first kappa shape index (κ1) is 10.6. The number of anilines is 2. The van der Waals surface area contributed by atoms with E-state index in [1.807, 2.05) is 0 Å². The number of benzene rings is 1. The number of nitrogen functional groups attached to an aromatic ring is 1. The molecule has 7 nitrogen and oxygen atoms in total. The quantitative estimate of drug-likeness (QED) is 0.677. The van der Waals surface area contributed by atoms with E-state index in [9.17, 15) is 0 Å². The Hall–Kier alpha value is -2.57. The van der Waals surface area contributed by atoms with Crippen molar-refractivity contribution >= 4 is 22.8 Å². The number of aromatic nitrogens is 3. The van der Waals surface area contributed by atoms with Crippen molar-refractivity contribution in [3.8, 4) is 0 Å². The Kier molecular flexibility index (Phi) is 2.36. The second-order valence-corrected chi connectivity index (χ2v) is 3.83. The molecule has 2 aromatic heterocycles. The molecule has 0 aliphatic carbocycles. The van der Waals surface area contributed by atoms with Crippen molar-refractivity contribution in [3.05, 3.63) is 29.9 Å². The van der Waals surface area contributed by atoms with E-state index in [1.54, 1.807) is 25.1 Å². The average molecular weight is 245 g/mol. The van der Waals surface area contributed by atoms with E-state index in [2.05, 4.69) is 20.4 Å². The summed E-state index contributed by atoms with van der Waals surface area (Å²) in [6.45, 7) is 2.12. The minimum atomic E-state index is 0.389. The number of rotatable bonds is 3. The minimum Gasteiger partial charge on any atom is -0.424 e. The van der Waals surface area contributed by atoms with Crippen molar-refractivity contribution in [2.24, 2.45) is 0 Å². The van der Waals surface area contributed by atoms with Gasteiger partial charge in [-0.15, -0.1) is 0 Å². The minimum absolute atomic E-state index is 0.389. The molecule has 1 aromatic carbocycles. The van der Waals surface area contributed by atoms with Gasteiger partial charge in [0, 0.05) is 12.6 Å². The van der Waals surface area contributed by atoms with Crippen LogP contribution in [0.25, 0.3) is 11.1 Å². The maximum absolute atomic E-state index is 5.67. The third-order valence-corrected chi connectivity index (χ3v) is 2.38. The third-order valence-electron chi connectivity index (χ3n) is 2.38. The van der Waals surface area contributed by atoms with Gasteiger partial charge in [0.25, 0.3) is 6.01 Å². The number of nitrogens with one attached hydrogen (secondary N) is 1. The maximum Gasteiger partial charge on any atom is 0.296 e. The van der Waals surface area contributed by atoms with Crippen molar-refractivity contribution in [2.45, 2.75) is 13.5 Å². The summed E-state index contributed by atoms with van der Waals surface area (Å²) in [4.78, 5) is 8.32. The number of nitrogens with two attached hydrogens (primary N) is 1. The van der Waals surface area contributed by atoms with Crippen LogP contribution in [0.4, 0.5) is 11.7 Å². The molecule has 3 aromatic rings. The first-order valence-electron chi connectivity index (χ1n) is 5.40. The fourth-order valence-electron chi connectivity index (χ4n) is 1.59. The highest BCUT2D eigenvalue weighted by atomic mass is 16.5. The number of hydrogen-bond acceptors (Lipinski definition) is 7. The molecule has 0 unspecified atom stereocenters. The number of fused-ring (bicyclic) bond motifs is 1. The van der Waals surface area contributed by atoms with Gasteiger partial charge in [0.2, 0.25) is 5.89 Å². The molecule has 0 aliphatic rings. The molecular formula is C11H11N5O2. The highest BCUT2D eigenvalue weighted by molar-refractivity contribution is 5.78. The van der Waals surface area contributed by atoms with Gasteiger partial charge in [-0.2, -0.15) is 9.97 Å². The van der Waals surface area contributed by atoms with Crippen molar-refractivity contribution in [1.29, 1.82) is 0 Å². The van der Waals surface area contributed by atoms with Crippen LogP contribution < -0.4 is 11.1 Å². The van der Waals surface area contributed by atoms with E-state index in [4.69, 9.17) is 14.7 Å². The molecule has 0 saturated heterocycles. The molecule has 3 rings (SSSR count). The molecule has 0 bridgehead atoms. The first-order valence-corrected chi connectivity index (χ1v) is 5.40. The van der Waals surface area contributed by atoms with Crippen LogP contribution in [-0.4, -0.2) is 15.1 Å². The summed E-state index contributed by atoms with van der Waals surface area (Å²) in [5.41, 5.74) is 7.70. The number of aryl methyl sites for hydroxylation is 1. The van der Waals surface area contributed by atoms with Crippen LogP contribution in [0.1, 0.15) is 11.7 Å². The molecule has 0 atom stereocenters. The summed E-state index contributed by atoms with van der Waals surface area (Å²) in [6, 6.07) is 5.70. The first-order chi connectivity index (χ1) is 8.70. The van der Waals surface area contributed by atoms with Gasteiger partial charge in [0.15, 0.2) is 11.4 Å². The molecule has 0 radical (unpaired) electrons. The molecule has 92 valence electrons. The topological polar surface area (TPSA) is 103 Å².